The SMILES string of the molecule is CN(C(=O)C(C)(C(=O)O)[C@@H](O)CCOCc1ccccc1)c1ccccc1. The molecule has 2 N–H and O–H groups in total. The Morgan fingerprint density at radius 3 is 2.19 bits per heavy atom. The van der Waals surface area contributed by atoms with Gasteiger partial charge in [0.1, 0.15) is 0 Å². The number of aliphatic hydroxyl groups excluding tert-OH is 1. The Hall–Kier alpha value is -2.70. The van der Waals surface area contributed by atoms with Crippen LogP contribution in [-0.2, 0) is 20.9 Å². The molecule has 0 radical (unpaired) electrons. The summed E-state index contributed by atoms with van der Waals surface area (Å²) in [6, 6.07) is 18.2. The van der Waals surface area contributed by atoms with Gasteiger partial charge < -0.3 is 19.8 Å². The minimum Gasteiger partial charge on any atom is -0.480 e. The summed E-state index contributed by atoms with van der Waals surface area (Å²) >= 11 is 0. The zero-order chi connectivity index (χ0) is 19.9. The van der Waals surface area contributed by atoms with E-state index in [2.05, 4.69) is 0 Å². The topological polar surface area (TPSA) is 87.1 Å². The van der Waals surface area contributed by atoms with E-state index in [4.69, 9.17) is 4.74 Å². The summed E-state index contributed by atoms with van der Waals surface area (Å²) in [4.78, 5) is 25.9. The molecule has 2 aromatic rings. The van der Waals surface area contributed by atoms with Crippen molar-refractivity contribution in [1.29, 1.82) is 0 Å². The molecule has 27 heavy (non-hydrogen) atoms. The van der Waals surface area contributed by atoms with Crippen molar-refractivity contribution in [3.63, 3.8) is 0 Å². The molecule has 0 spiro atoms. The third-order valence-corrected chi connectivity index (χ3v) is 4.65. The maximum Gasteiger partial charge on any atom is 0.321 e. The van der Waals surface area contributed by atoms with Gasteiger partial charge >= 0.3 is 5.97 Å². The molecule has 0 bridgehead atoms. The molecule has 2 atom stereocenters. The standard InChI is InChI=1S/C21H25NO5/c1-21(20(25)26,19(24)22(2)17-11-7-4-8-12-17)18(23)13-14-27-15-16-9-5-3-6-10-16/h3-12,18,23H,13-15H2,1-2H3,(H,25,26)/t18-,21?/m0/s1. The summed E-state index contributed by atoms with van der Waals surface area (Å²) in [7, 11) is 1.50. The zero-order valence-electron chi connectivity index (χ0n) is 15.5. The molecule has 0 aromatic heterocycles. The first-order valence-corrected chi connectivity index (χ1v) is 8.73. The molecule has 0 aliphatic carbocycles. The highest BCUT2D eigenvalue weighted by Crippen LogP contribution is 2.29. The molecule has 1 unspecified atom stereocenters. The monoisotopic (exact) mass is 371 g/mol. The number of para-hydroxylation sites is 1. The quantitative estimate of drug-likeness (QED) is 0.523. The van der Waals surface area contributed by atoms with Gasteiger partial charge in [-0.05, 0) is 31.0 Å². The van der Waals surface area contributed by atoms with E-state index in [1.165, 1.54) is 18.9 Å². The fourth-order valence-electron chi connectivity index (χ4n) is 2.74. The van der Waals surface area contributed by atoms with E-state index in [0.29, 0.717) is 12.3 Å². The minimum atomic E-state index is -1.97. The van der Waals surface area contributed by atoms with Crippen LogP contribution in [-0.4, -0.2) is 41.8 Å². The number of carboxylic acid groups (broad SMARTS) is 1. The minimum absolute atomic E-state index is 0.0317. The third kappa shape index (κ3) is 4.93. The van der Waals surface area contributed by atoms with Crippen molar-refractivity contribution in [3.05, 3.63) is 66.2 Å². The largest absolute Gasteiger partial charge is 0.480 e. The summed E-state index contributed by atoms with van der Waals surface area (Å²) in [6.07, 6.45) is -1.35. The van der Waals surface area contributed by atoms with Crippen LogP contribution < -0.4 is 4.90 Å². The maximum absolute atomic E-state index is 12.8. The molecule has 6 heteroatoms. The van der Waals surface area contributed by atoms with Gasteiger partial charge in [0, 0.05) is 19.3 Å². The molecule has 0 aliphatic rings. The first kappa shape index (κ1) is 20.6. The van der Waals surface area contributed by atoms with E-state index in [0.717, 1.165) is 5.56 Å². The van der Waals surface area contributed by atoms with Crippen molar-refractivity contribution < 1.29 is 24.5 Å². The lowest BCUT2D eigenvalue weighted by Crippen LogP contribution is -2.53. The van der Waals surface area contributed by atoms with E-state index in [1.54, 1.807) is 30.3 Å². The molecule has 0 saturated carbocycles. The average Bonchev–Trinajstić information content (AvgIpc) is 2.70. The van der Waals surface area contributed by atoms with E-state index in [-0.39, 0.29) is 13.0 Å². The normalized spacial score (nSPS) is 14.2. The van der Waals surface area contributed by atoms with E-state index in [1.807, 2.05) is 30.3 Å². The van der Waals surface area contributed by atoms with Gasteiger partial charge in [-0.2, -0.15) is 0 Å². The highest BCUT2D eigenvalue weighted by Gasteiger charge is 2.49. The number of carbonyl (C=O) groups excluding carboxylic acids is 1. The van der Waals surface area contributed by atoms with Crippen LogP contribution in [0.2, 0.25) is 0 Å². The molecule has 0 saturated heterocycles. The van der Waals surface area contributed by atoms with Crippen LogP contribution in [0.15, 0.2) is 60.7 Å². The summed E-state index contributed by atoms with van der Waals surface area (Å²) in [5.74, 6) is -2.05. The van der Waals surface area contributed by atoms with Gasteiger partial charge in [0.25, 0.3) is 0 Å². The highest BCUT2D eigenvalue weighted by molar-refractivity contribution is 6.09. The van der Waals surface area contributed by atoms with Gasteiger partial charge in [-0.1, -0.05) is 48.5 Å². The lowest BCUT2D eigenvalue weighted by molar-refractivity contribution is -0.162. The lowest BCUT2D eigenvalue weighted by Gasteiger charge is -2.33. The Morgan fingerprint density at radius 1 is 1.07 bits per heavy atom. The molecule has 0 aliphatic heterocycles. The summed E-state index contributed by atoms with van der Waals surface area (Å²) < 4.78 is 5.51. The lowest BCUT2D eigenvalue weighted by atomic mass is 9.81. The fourth-order valence-corrected chi connectivity index (χ4v) is 2.74. The van der Waals surface area contributed by atoms with Crippen LogP contribution in [0.5, 0.6) is 0 Å². The van der Waals surface area contributed by atoms with Crippen molar-refractivity contribution in [1.82, 2.24) is 0 Å². The van der Waals surface area contributed by atoms with Gasteiger partial charge in [0.15, 0.2) is 5.41 Å². The number of ether oxygens (including phenoxy) is 1. The molecule has 0 fully saturated rings. The zero-order valence-corrected chi connectivity index (χ0v) is 15.5. The smallest absolute Gasteiger partial charge is 0.321 e. The van der Waals surface area contributed by atoms with E-state index >= 15 is 0 Å². The summed E-state index contributed by atoms with van der Waals surface area (Å²) in [5.41, 5.74) is -0.434. The molecule has 1 amide bonds. The van der Waals surface area contributed by atoms with Gasteiger partial charge in [0.2, 0.25) is 5.91 Å². The number of hydrogen-bond donors (Lipinski definition) is 2. The number of amides is 1. The van der Waals surface area contributed by atoms with Crippen molar-refractivity contribution in [2.45, 2.75) is 26.1 Å². The number of aliphatic carboxylic acids is 1. The number of anilines is 1. The Kier molecular flexibility index (Phi) is 7.10. The fraction of sp³-hybridized carbons (Fsp3) is 0.333. The van der Waals surface area contributed by atoms with Crippen LogP contribution in [0.4, 0.5) is 5.69 Å². The number of carbonyl (C=O) groups is 2. The Morgan fingerprint density at radius 2 is 1.63 bits per heavy atom. The predicted octanol–water partition coefficient (Wildman–Crippen LogP) is 2.71. The number of carboxylic acids is 1. The first-order chi connectivity index (χ1) is 12.9. The second kappa shape index (κ2) is 9.30. The third-order valence-electron chi connectivity index (χ3n) is 4.65. The van der Waals surface area contributed by atoms with Crippen molar-refractivity contribution >= 4 is 17.6 Å². The van der Waals surface area contributed by atoms with Gasteiger partial charge in [0.05, 0.1) is 12.7 Å². The molecular weight excluding hydrogens is 346 g/mol. The number of rotatable bonds is 9. The van der Waals surface area contributed by atoms with Crippen molar-refractivity contribution in [3.8, 4) is 0 Å². The van der Waals surface area contributed by atoms with Gasteiger partial charge in [-0.3, -0.25) is 9.59 Å². The number of benzene rings is 2. The summed E-state index contributed by atoms with van der Waals surface area (Å²) in [5, 5.41) is 20.1. The van der Waals surface area contributed by atoms with Crippen molar-refractivity contribution in [2.24, 2.45) is 5.41 Å². The Balaban J connectivity index is 2.00. The van der Waals surface area contributed by atoms with Crippen molar-refractivity contribution in [2.75, 3.05) is 18.6 Å². The molecule has 144 valence electrons. The van der Waals surface area contributed by atoms with Crippen LogP contribution in [0.3, 0.4) is 0 Å². The Labute approximate surface area is 159 Å². The van der Waals surface area contributed by atoms with Gasteiger partial charge in [-0.25, -0.2) is 0 Å². The van der Waals surface area contributed by atoms with Gasteiger partial charge in [-0.15, -0.1) is 0 Å². The first-order valence-electron chi connectivity index (χ1n) is 8.73. The number of nitrogens with zero attached hydrogens (tertiary/aromatic N) is 1. The number of aliphatic hydroxyl groups is 1. The summed E-state index contributed by atoms with van der Waals surface area (Å²) in [6.45, 7) is 1.75. The van der Waals surface area contributed by atoms with E-state index in [9.17, 15) is 19.8 Å². The van der Waals surface area contributed by atoms with E-state index < -0.39 is 23.4 Å². The molecular formula is C21H25NO5. The van der Waals surface area contributed by atoms with Crippen LogP contribution in [0.1, 0.15) is 18.9 Å². The number of hydrogen-bond acceptors (Lipinski definition) is 4. The van der Waals surface area contributed by atoms with Crippen LogP contribution in [0.25, 0.3) is 0 Å². The molecule has 0 heterocycles. The van der Waals surface area contributed by atoms with Crippen LogP contribution >= 0.6 is 0 Å². The maximum atomic E-state index is 12.8. The van der Waals surface area contributed by atoms with Crippen LogP contribution in [0, 0.1) is 5.41 Å². The highest BCUT2D eigenvalue weighted by atomic mass is 16.5. The average molecular weight is 371 g/mol. The Bertz CT molecular complexity index is 750. The molecule has 2 rings (SSSR count). The molecule has 6 nitrogen and oxygen atoms in total. The second-order valence-corrected chi connectivity index (χ2v) is 6.55. The predicted molar refractivity (Wildman–Crippen MR) is 102 cm³/mol. The second-order valence-electron chi connectivity index (χ2n) is 6.55. The molecule has 2 aromatic carbocycles.